The molecule has 1 aromatic heterocycles. The minimum Gasteiger partial charge on any atom is -0.490 e. The SMILES string of the molecule is CCOc1cc(C(=O)N2C[C@@H](C)N[C@H](C)C2)ccc1OCc1ccncc1. The number of nitrogens with zero attached hydrogens (tertiary/aromatic N) is 2. The zero-order valence-corrected chi connectivity index (χ0v) is 16.1. The monoisotopic (exact) mass is 369 g/mol. The number of rotatable bonds is 6. The van der Waals surface area contributed by atoms with Gasteiger partial charge in [0.15, 0.2) is 11.5 Å². The number of nitrogens with one attached hydrogen (secondary N) is 1. The van der Waals surface area contributed by atoms with Crippen molar-refractivity contribution in [2.24, 2.45) is 0 Å². The molecule has 1 aliphatic heterocycles. The average molecular weight is 369 g/mol. The molecule has 0 bridgehead atoms. The summed E-state index contributed by atoms with van der Waals surface area (Å²) in [6.45, 7) is 8.44. The van der Waals surface area contributed by atoms with Crippen molar-refractivity contribution in [3.63, 3.8) is 0 Å². The quantitative estimate of drug-likeness (QED) is 0.848. The lowest BCUT2D eigenvalue weighted by atomic mass is 10.1. The summed E-state index contributed by atoms with van der Waals surface area (Å²) in [7, 11) is 0. The first kappa shape index (κ1) is 19.2. The maximum Gasteiger partial charge on any atom is 0.254 e. The van der Waals surface area contributed by atoms with Gasteiger partial charge in [-0.3, -0.25) is 9.78 Å². The van der Waals surface area contributed by atoms with Gasteiger partial charge >= 0.3 is 0 Å². The van der Waals surface area contributed by atoms with Crippen molar-refractivity contribution in [1.29, 1.82) is 0 Å². The van der Waals surface area contributed by atoms with E-state index in [9.17, 15) is 4.79 Å². The summed E-state index contributed by atoms with van der Waals surface area (Å²) in [5.74, 6) is 1.25. The molecule has 0 saturated carbocycles. The van der Waals surface area contributed by atoms with Crippen LogP contribution in [-0.4, -0.2) is 47.6 Å². The molecule has 3 rings (SSSR count). The first-order valence-electron chi connectivity index (χ1n) is 9.40. The van der Waals surface area contributed by atoms with Crippen LogP contribution in [0.4, 0.5) is 0 Å². The Morgan fingerprint density at radius 1 is 1.11 bits per heavy atom. The van der Waals surface area contributed by atoms with Crippen molar-refractivity contribution < 1.29 is 14.3 Å². The molecule has 144 valence electrons. The highest BCUT2D eigenvalue weighted by Crippen LogP contribution is 2.30. The molecule has 0 radical (unpaired) electrons. The van der Waals surface area contributed by atoms with E-state index in [0.29, 0.717) is 43.4 Å². The largest absolute Gasteiger partial charge is 0.490 e. The summed E-state index contributed by atoms with van der Waals surface area (Å²) < 4.78 is 11.6. The standard InChI is InChI=1S/C21H27N3O3/c1-4-26-20-11-18(21(25)24-12-15(2)23-16(3)13-24)5-6-19(20)27-14-17-7-9-22-10-8-17/h5-11,15-16,23H,4,12-14H2,1-3H3/t15-,16-/m1/s1. The van der Waals surface area contributed by atoms with E-state index in [1.54, 1.807) is 18.5 Å². The molecule has 27 heavy (non-hydrogen) atoms. The molecule has 1 saturated heterocycles. The number of aromatic nitrogens is 1. The predicted molar refractivity (Wildman–Crippen MR) is 104 cm³/mol. The number of hydrogen-bond acceptors (Lipinski definition) is 5. The number of piperazine rings is 1. The first-order valence-corrected chi connectivity index (χ1v) is 9.40. The van der Waals surface area contributed by atoms with Crippen LogP contribution in [0.5, 0.6) is 11.5 Å². The van der Waals surface area contributed by atoms with Crippen LogP contribution >= 0.6 is 0 Å². The van der Waals surface area contributed by atoms with Crippen molar-refractivity contribution in [2.45, 2.75) is 39.5 Å². The molecule has 1 amide bonds. The van der Waals surface area contributed by atoms with Gasteiger partial charge in [-0.2, -0.15) is 0 Å². The van der Waals surface area contributed by atoms with Crippen LogP contribution in [0.3, 0.4) is 0 Å². The van der Waals surface area contributed by atoms with Crippen LogP contribution in [-0.2, 0) is 6.61 Å². The molecule has 0 spiro atoms. The van der Waals surface area contributed by atoms with Gasteiger partial charge in [0.2, 0.25) is 0 Å². The number of carbonyl (C=O) groups is 1. The Labute approximate surface area is 160 Å². The summed E-state index contributed by atoms with van der Waals surface area (Å²) >= 11 is 0. The average Bonchev–Trinajstić information content (AvgIpc) is 2.66. The van der Waals surface area contributed by atoms with E-state index in [1.807, 2.05) is 36.1 Å². The maximum atomic E-state index is 12.9. The van der Waals surface area contributed by atoms with Gasteiger partial charge in [0.25, 0.3) is 5.91 Å². The Morgan fingerprint density at radius 2 is 1.81 bits per heavy atom. The van der Waals surface area contributed by atoms with E-state index in [2.05, 4.69) is 24.1 Å². The van der Waals surface area contributed by atoms with Gasteiger partial charge < -0.3 is 19.7 Å². The van der Waals surface area contributed by atoms with Crippen LogP contribution in [0, 0.1) is 0 Å². The fourth-order valence-corrected chi connectivity index (χ4v) is 3.34. The van der Waals surface area contributed by atoms with E-state index >= 15 is 0 Å². The van der Waals surface area contributed by atoms with Crippen molar-refractivity contribution in [2.75, 3.05) is 19.7 Å². The fourth-order valence-electron chi connectivity index (χ4n) is 3.34. The number of pyridine rings is 1. The fraction of sp³-hybridized carbons (Fsp3) is 0.429. The minimum absolute atomic E-state index is 0.0248. The van der Waals surface area contributed by atoms with E-state index < -0.39 is 0 Å². The van der Waals surface area contributed by atoms with E-state index in [-0.39, 0.29) is 18.0 Å². The van der Waals surface area contributed by atoms with Crippen LogP contribution in [0.1, 0.15) is 36.7 Å². The van der Waals surface area contributed by atoms with E-state index in [1.165, 1.54) is 0 Å². The second-order valence-corrected chi connectivity index (χ2v) is 6.92. The molecule has 1 fully saturated rings. The predicted octanol–water partition coefficient (Wildman–Crippen LogP) is 2.88. The number of ether oxygens (including phenoxy) is 2. The smallest absolute Gasteiger partial charge is 0.254 e. The highest BCUT2D eigenvalue weighted by molar-refractivity contribution is 5.95. The van der Waals surface area contributed by atoms with Gasteiger partial charge in [-0.05, 0) is 56.7 Å². The Balaban J connectivity index is 1.75. The molecule has 1 aromatic carbocycles. The molecule has 1 N–H and O–H groups in total. The third-order valence-corrected chi connectivity index (χ3v) is 4.48. The molecule has 6 nitrogen and oxygen atoms in total. The van der Waals surface area contributed by atoms with Crippen molar-refractivity contribution in [1.82, 2.24) is 15.2 Å². The highest BCUT2D eigenvalue weighted by Gasteiger charge is 2.26. The van der Waals surface area contributed by atoms with Crippen molar-refractivity contribution in [3.05, 3.63) is 53.9 Å². The molecule has 1 aliphatic rings. The lowest BCUT2D eigenvalue weighted by Crippen LogP contribution is -2.55. The normalized spacial score (nSPS) is 19.6. The molecule has 2 heterocycles. The van der Waals surface area contributed by atoms with Gasteiger partial charge in [0, 0.05) is 43.1 Å². The Kier molecular flexibility index (Phi) is 6.29. The zero-order valence-electron chi connectivity index (χ0n) is 16.1. The second-order valence-electron chi connectivity index (χ2n) is 6.92. The Bertz CT molecular complexity index is 757. The number of carbonyl (C=O) groups excluding carboxylic acids is 1. The van der Waals surface area contributed by atoms with Crippen molar-refractivity contribution in [3.8, 4) is 11.5 Å². The van der Waals surface area contributed by atoms with Gasteiger partial charge in [-0.25, -0.2) is 0 Å². The molecular formula is C21H27N3O3. The highest BCUT2D eigenvalue weighted by atomic mass is 16.5. The summed E-state index contributed by atoms with van der Waals surface area (Å²) in [6.07, 6.45) is 3.47. The molecule has 2 atom stereocenters. The van der Waals surface area contributed by atoms with Crippen LogP contribution < -0.4 is 14.8 Å². The van der Waals surface area contributed by atoms with Gasteiger partial charge in [-0.15, -0.1) is 0 Å². The Morgan fingerprint density at radius 3 is 2.48 bits per heavy atom. The van der Waals surface area contributed by atoms with E-state index in [4.69, 9.17) is 9.47 Å². The maximum absolute atomic E-state index is 12.9. The zero-order chi connectivity index (χ0) is 19.2. The van der Waals surface area contributed by atoms with Crippen molar-refractivity contribution >= 4 is 5.91 Å². The lowest BCUT2D eigenvalue weighted by Gasteiger charge is -2.36. The van der Waals surface area contributed by atoms with Crippen LogP contribution in [0.2, 0.25) is 0 Å². The lowest BCUT2D eigenvalue weighted by molar-refractivity contribution is 0.0673. The summed E-state index contributed by atoms with van der Waals surface area (Å²) in [4.78, 5) is 18.8. The van der Waals surface area contributed by atoms with Crippen LogP contribution in [0.25, 0.3) is 0 Å². The van der Waals surface area contributed by atoms with Crippen LogP contribution in [0.15, 0.2) is 42.7 Å². The van der Waals surface area contributed by atoms with Gasteiger partial charge in [0.05, 0.1) is 6.61 Å². The third-order valence-electron chi connectivity index (χ3n) is 4.48. The van der Waals surface area contributed by atoms with E-state index in [0.717, 1.165) is 5.56 Å². The third kappa shape index (κ3) is 4.98. The number of hydrogen-bond donors (Lipinski definition) is 1. The summed E-state index contributed by atoms with van der Waals surface area (Å²) in [6, 6.07) is 9.79. The molecule has 0 aliphatic carbocycles. The van der Waals surface area contributed by atoms with Gasteiger partial charge in [0.1, 0.15) is 6.61 Å². The summed E-state index contributed by atoms with van der Waals surface area (Å²) in [5, 5.41) is 3.45. The Hall–Kier alpha value is -2.60. The molecular weight excluding hydrogens is 342 g/mol. The van der Waals surface area contributed by atoms with Gasteiger partial charge in [-0.1, -0.05) is 0 Å². The summed E-state index contributed by atoms with van der Waals surface area (Å²) in [5.41, 5.74) is 1.65. The number of amides is 1. The molecule has 6 heteroatoms. The molecule has 0 unspecified atom stereocenters. The first-order chi connectivity index (χ1) is 13.1. The topological polar surface area (TPSA) is 63.7 Å². The minimum atomic E-state index is 0.0248. The second kappa shape index (κ2) is 8.86. The molecule has 2 aromatic rings. The number of benzene rings is 1.